The van der Waals surface area contributed by atoms with Crippen molar-refractivity contribution in [3.8, 4) is 5.88 Å². The number of nitrogens with zero attached hydrogens (tertiary/aromatic N) is 2. The molecule has 0 N–H and O–H groups in total. The first kappa shape index (κ1) is 24.1. The summed E-state index contributed by atoms with van der Waals surface area (Å²) in [5.74, 6) is 0.115. The van der Waals surface area contributed by atoms with E-state index < -0.39 is 0 Å². The van der Waals surface area contributed by atoms with Crippen LogP contribution in [-0.4, -0.2) is 44.3 Å². The fourth-order valence-corrected chi connectivity index (χ4v) is 4.51. The van der Waals surface area contributed by atoms with Gasteiger partial charge >= 0.3 is 0 Å². The Kier molecular flexibility index (Phi) is 7.15. The maximum absolute atomic E-state index is 14.4. The molecule has 0 aliphatic rings. The number of likely N-dealkylation sites (N-methyl/N-ethyl adjacent to an activating group) is 1. The Bertz CT molecular complexity index is 1330. The van der Waals surface area contributed by atoms with Crippen molar-refractivity contribution in [2.24, 2.45) is 0 Å². The molecule has 174 valence electrons. The first-order valence-corrected chi connectivity index (χ1v) is 12.0. The third-order valence-corrected chi connectivity index (χ3v) is 6.23. The standard InChI is InChI=1S/C29H29BrFN2O/c1-33(2,3)16-15-25(21-11-8-12-24(31)18-21)28(20-9-6-5-7-10-20)26-19-22-17-23(30)13-14-27(22)32-29(26)34-4/h5-15,17-19,28H,16H2,1-4H3/q+1. The summed E-state index contributed by atoms with van der Waals surface area (Å²) in [6.45, 7) is 0.782. The van der Waals surface area contributed by atoms with Gasteiger partial charge < -0.3 is 9.22 Å². The number of methoxy groups -OCH3 is 1. The fourth-order valence-electron chi connectivity index (χ4n) is 4.13. The van der Waals surface area contributed by atoms with Crippen molar-refractivity contribution in [1.82, 2.24) is 4.98 Å². The number of halogens is 2. The van der Waals surface area contributed by atoms with Crippen molar-refractivity contribution in [2.75, 3.05) is 34.8 Å². The lowest BCUT2D eigenvalue weighted by molar-refractivity contribution is -0.864. The number of pyridine rings is 1. The number of quaternary nitrogens is 1. The molecule has 0 saturated carbocycles. The lowest BCUT2D eigenvalue weighted by atomic mass is 9.81. The Hall–Kier alpha value is -3.02. The number of hydrogen-bond donors (Lipinski definition) is 0. The molecule has 1 aromatic heterocycles. The number of aromatic nitrogens is 1. The highest BCUT2D eigenvalue weighted by atomic mass is 79.9. The Morgan fingerprint density at radius 3 is 2.44 bits per heavy atom. The van der Waals surface area contributed by atoms with E-state index in [9.17, 15) is 4.39 Å². The Labute approximate surface area is 209 Å². The highest BCUT2D eigenvalue weighted by molar-refractivity contribution is 9.10. The summed E-state index contributed by atoms with van der Waals surface area (Å²) >= 11 is 3.58. The second-order valence-corrected chi connectivity index (χ2v) is 10.3. The molecule has 0 amide bonds. The van der Waals surface area contributed by atoms with Gasteiger partial charge in [-0.3, -0.25) is 0 Å². The summed E-state index contributed by atoms with van der Waals surface area (Å²) in [4.78, 5) is 4.84. The van der Waals surface area contributed by atoms with Crippen molar-refractivity contribution in [1.29, 1.82) is 0 Å². The summed E-state index contributed by atoms with van der Waals surface area (Å²) in [5.41, 5.74) is 4.76. The van der Waals surface area contributed by atoms with Gasteiger partial charge in [-0.15, -0.1) is 0 Å². The van der Waals surface area contributed by atoms with Crippen LogP contribution in [0.4, 0.5) is 4.39 Å². The largest absolute Gasteiger partial charge is 0.481 e. The van der Waals surface area contributed by atoms with E-state index in [2.05, 4.69) is 67.4 Å². The normalized spacial score (nSPS) is 13.2. The Morgan fingerprint density at radius 2 is 1.76 bits per heavy atom. The summed E-state index contributed by atoms with van der Waals surface area (Å²) < 4.78 is 21.9. The highest BCUT2D eigenvalue weighted by Gasteiger charge is 2.26. The third kappa shape index (κ3) is 5.54. The zero-order valence-corrected chi connectivity index (χ0v) is 21.5. The molecular weight excluding hydrogens is 491 g/mol. The summed E-state index contributed by atoms with van der Waals surface area (Å²) in [7, 11) is 8.09. The van der Waals surface area contributed by atoms with Crippen LogP contribution in [0.25, 0.3) is 16.5 Å². The molecule has 4 rings (SSSR count). The monoisotopic (exact) mass is 519 g/mol. The van der Waals surface area contributed by atoms with Crippen LogP contribution >= 0.6 is 15.9 Å². The number of hydrogen-bond acceptors (Lipinski definition) is 2. The van der Waals surface area contributed by atoms with E-state index >= 15 is 0 Å². The number of ether oxygens (including phenoxy) is 1. The number of benzene rings is 3. The van der Waals surface area contributed by atoms with E-state index in [-0.39, 0.29) is 11.7 Å². The van der Waals surface area contributed by atoms with Crippen LogP contribution in [-0.2, 0) is 0 Å². The minimum atomic E-state index is -0.256. The fraction of sp³-hybridized carbons (Fsp3) is 0.207. The number of rotatable bonds is 7. The SMILES string of the molecule is COc1nc2ccc(Br)cc2cc1C(C(=CC[N+](C)(C)C)c1cccc(F)c1)c1ccccc1. The van der Waals surface area contributed by atoms with Crippen molar-refractivity contribution < 1.29 is 13.6 Å². The molecule has 3 aromatic carbocycles. The molecule has 0 bridgehead atoms. The smallest absolute Gasteiger partial charge is 0.217 e. The number of fused-ring (bicyclic) bond motifs is 1. The van der Waals surface area contributed by atoms with Gasteiger partial charge in [0.25, 0.3) is 0 Å². The molecule has 0 fully saturated rings. The van der Waals surface area contributed by atoms with Gasteiger partial charge in [0.05, 0.1) is 40.3 Å². The van der Waals surface area contributed by atoms with Gasteiger partial charge in [0.1, 0.15) is 5.82 Å². The van der Waals surface area contributed by atoms with Crippen LogP contribution < -0.4 is 4.74 Å². The van der Waals surface area contributed by atoms with Gasteiger partial charge in [-0.2, -0.15) is 0 Å². The van der Waals surface area contributed by atoms with E-state index in [0.717, 1.165) is 48.7 Å². The molecule has 1 heterocycles. The lowest BCUT2D eigenvalue weighted by Gasteiger charge is -2.27. The van der Waals surface area contributed by atoms with Crippen molar-refractivity contribution in [2.45, 2.75) is 5.92 Å². The van der Waals surface area contributed by atoms with Crippen LogP contribution in [0.1, 0.15) is 22.6 Å². The molecule has 4 aromatic rings. The molecule has 0 spiro atoms. The number of allylic oxidation sites excluding steroid dienone is 1. The Morgan fingerprint density at radius 1 is 1.00 bits per heavy atom. The average Bonchev–Trinajstić information content (AvgIpc) is 2.81. The van der Waals surface area contributed by atoms with E-state index in [1.165, 1.54) is 6.07 Å². The van der Waals surface area contributed by atoms with Crippen molar-refractivity contribution in [3.63, 3.8) is 0 Å². The maximum Gasteiger partial charge on any atom is 0.217 e. The summed E-state index contributed by atoms with van der Waals surface area (Å²) in [6, 6.07) is 25.2. The molecule has 0 aliphatic heterocycles. The van der Waals surface area contributed by atoms with Crippen LogP contribution in [0.3, 0.4) is 0 Å². The van der Waals surface area contributed by atoms with Gasteiger partial charge in [0.15, 0.2) is 0 Å². The first-order valence-electron chi connectivity index (χ1n) is 11.2. The van der Waals surface area contributed by atoms with E-state index in [4.69, 9.17) is 9.72 Å². The zero-order chi connectivity index (χ0) is 24.3. The Balaban J connectivity index is 2.02. The van der Waals surface area contributed by atoms with Gasteiger partial charge in [0.2, 0.25) is 5.88 Å². The molecule has 34 heavy (non-hydrogen) atoms. The predicted octanol–water partition coefficient (Wildman–Crippen LogP) is 7.07. The molecule has 1 atom stereocenters. The van der Waals surface area contributed by atoms with Gasteiger partial charge in [-0.05, 0) is 59.2 Å². The molecule has 5 heteroatoms. The van der Waals surface area contributed by atoms with Crippen molar-refractivity contribution >= 4 is 32.4 Å². The molecule has 0 saturated heterocycles. The third-order valence-electron chi connectivity index (χ3n) is 5.73. The summed E-state index contributed by atoms with van der Waals surface area (Å²) in [5, 5.41) is 1.01. The highest BCUT2D eigenvalue weighted by Crippen LogP contribution is 2.42. The van der Waals surface area contributed by atoms with Gasteiger partial charge in [-0.1, -0.05) is 58.4 Å². The minimum absolute atomic E-state index is 0.194. The van der Waals surface area contributed by atoms with Crippen molar-refractivity contribution in [3.05, 3.63) is 112 Å². The average molecular weight is 520 g/mol. The molecular formula is C29H29BrFN2O+. The summed E-state index contributed by atoms with van der Waals surface area (Å²) in [6.07, 6.45) is 2.22. The van der Waals surface area contributed by atoms with Crippen LogP contribution in [0, 0.1) is 5.82 Å². The zero-order valence-electron chi connectivity index (χ0n) is 19.9. The first-order chi connectivity index (χ1) is 16.2. The van der Waals surface area contributed by atoms with Gasteiger partial charge in [0, 0.05) is 21.3 Å². The minimum Gasteiger partial charge on any atom is -0.481 e. The lowest BCUT2D eigenvalue weighted by Crippen LogP contribution is -2.34. The predicted molar refractivity (Wildman–Crippen MR) is 142 cm³/mol. The van der Waals surface area contributed by atoms with Crippen LogP contribution in [0.2, 0.25) is 0 Å². The second kappa shape index (κ2) is 10.1. The maximum atomic E-state index is 14.4. The van der Waals surface area contributed by atoms with Crippen LogP contribution in [0.5, 0.6) is 5.88 Å². The second-order valence-electron chi connectivity index (χ2n) is 9.41. The van der Waals surface area contributed by atoms with Gasteiger partial charge in [-0.25, -0.2) is 9.37 Å². The molecule has 0 radical (unpaired) electrons. The van der Waals surface area contributed by atoms with E-state index in [0.29, 0.717) is 5.88 Å². The molecule has 1 unspecified atom stereocenters. The topological polar surface area (TPSA) is 22.1 Å². The van der Waals surface area contributed by atoms with E-state index in [1.54, 1.807) is 19.2 Å². The molecule has 0 aliphatic carbocycles. The van der Waals surface area contributed by atoms with Crippen LogP contribution in [0.15, 0.2) is 89.4 Å². The van der Waals surface area contributed by atoms with E-state index in [1.807, 2.05) is 36.4 Å². The molecule has 3 nitrogen and oxygen atoms in total. The quantitative estimate of drug-likeness (QED) is 0.243.